The maximum absolute atomic E-state index is 8.44. The first-order chi connectivity index (χ1) is 5.88. The number of thiocyanates is 1. The third-order valence-electron chi connectivity index (χ3n) is 1.17. The van der Waals surface area contributed by atoms with Crippen LogP contribution in [0.15, 0.2) is 23.2 Å². The normalized spacial score (nSPS) is 9.00. The van der Waals surface area contributed by atoms with E-state index in [1.807, 2.05) is 18.4 Å². The first-order valence-corrected chi connectivity index (χ1v) is 4.34. The SMILES string of the molecule is CCOc1ncccc1SC#N. The zero-order chi connectivity index (χ0) is 8.81. The van der Waals surface area contributed by atoms with Gasteiger partial charge in [0.15, 0.2) is 0 Å². The number of nitrogens with zero attached hydrogens (tertiary/aromatic N) is 2. The fourth-order valence-electron chi connectivity index (χ4n) is 0.748. The smallest absolute Gasteiger partial charge is 0.228 e. The van der Waals surface area contributed by atoms with Crippen LogP contribution in [0.25, 0.3) is 0 Å². The van der Waals surface area contributed by atoms with E-state index in [2.05, 4.69) is 4.98 Å². The Labute approximate surface area is 75.4 Å². The highest BCUT2D eigenvalue weighted by atomic mass is 32.2. The van der Waals surface area contributed by atoms with Crippen LogP contribution in [0.5, 0.6) is 5.88 Å². The standard InChI is InChI=1S/C8H8N2OS/c1-2-11-8-7(12-6-9)4-3-5-10-8/h3-5H,2H2,1H3. The second-order valence-electron chi connectivity index (χ2n) is 1.93. The molecule has 0 aliphatic heterocycles. The summed E-state index contributed by atoms with van der Waals surface area (Å²) in [7, 11) is 0. The maximum atomic E-state index is 8.44. The van der Waals surface area contributed by atoms with E-state index in [4.69, 9.17) is 10.00 Å². The number of hydrogen-bond acceptors (Lipinski definition) is 4. The Morgan fingerprint density at radius 2 is 2.58 bits per heavy atom. The van der Waals surface area contributed by atoms with Crippen LogP contribution in [0, 0.1) is 10.7 Å². The lowest BCUT2D eigenvalue weighted by Gasteiger charge is -2.03. The Hall–Kier alpha value is -1.21. The van der Waals surface area contributed by atoms with Crippen molar-refractivity contribution in [2.24, 2.45) is 0 Å². The molecule has 0 spiro atoms. The molecule has 0 aliphatic rings. The first kappa shape index (κ1) is 8.88. The quantitative estimate of drug-likeness (QED) is 0.527. The summed E-state index contributed by atoms with van der Waals surface area (Å²) in [6.45, 7) is 2.45. The predicted octanol–water partition coefficient (Wildman–Crippen LogP) is 2.05. The molecule has 1 rings (SSSR count). The minimum atomic E-state index is 0.534. The lowest BCUT2D eigenvalue weighted by Crippen LogP contribution is -1.95. The van der Waals surface area contributed by atoms with E-state index in [1.165, 1.54) is 0 Å². The van der Waals surface area contributed by atoms with Crippen LogP contribution >= 0.6 is 11.8 Å². The number of hydrogen-bond donors (Lipinski definition) is 0. The zero-order valence-electron chi connectivity index (χ0n) is 6.65. The molecule has 0 aliphatic carbocycles. The molecule has 1 heterocycles. The van der Waals surface area contributed by atoms with Gasteiger partial charge in [-0.25, -0.2) is 4.98 Å². The molecule has 12 heavy (non-hydrogen) atoms. The number of thioether (sulfide) groups is 1. The third kappa shape index (κ3) is 2.14. The van der Waals surface area contributed by atoms with Gasteiger partial charge >= 0.3 is 0 Å². The fourth-order valence-corrected chi connectivity index (χ4v) is 1.19. The molecule has 0 fully saturated rings. The third-order valence-corrected chi connectivity index (χ3v) is 1.79. The van der Waals surface area contributed by atoms with Crippen molar-refractivity contribution < 1.29 is 4.74 Å². The highest BCUT2D eigenvalue weighted by Gasteiger charge is 2.02. The van der Waals surface area contributed by atoms with Gasteiger partial charge in [-0.15, -0.1) is 0 Å². The Balaban J connectivity index is 2.85. The van der Waals surface area contributed by atoms with Crippen molar-refractivity contribution in [1.29, 1.82) is 5.26 Å². The summed E-state index contributed by atoms with van der Waals surface area (Å²) in [5.74, 6) is 0.534. The maximum Gasteiger partial charge on any atom is 0.228 e. The second-order valence-corrected chi connectivity index (χ2v) is 2.76. The van der Waals surface area contributed by atoms with Crippen LogP contribution in [0.3, 0.4) is 0 Å². The molecule has 0 saturated heterocycles. The summed E-state index contributed by atoms with van der Waals surface area (Å²) < 4.78 is 5.21. The van der Waals surface area contributed by atoms with Crippen molar-refractivity contribution in [1.82, 2.24) is 4.98 Å². The highest BCUT2D eigenvalue weighted by molar-refractivity contribution is 8.03. The van der Waals surface area contributed by atoms with Gasteiger partial charge < -0.3 is 4.74 Å². The average Bonchev–Trinajstić information content (AvgIpc) is 2.09. The van der Waals surface area contributed by atoms with Crippen LogP contribution in [-0.2, 0) is 0 Å². The molecule has 0 amide bonds. The van der Waals surface area contributed by atoms with Gasteiger partial charge in [-0.1, -0.05) is 0 Å². The number of pyridine rings is 1. The molecule has 3 nitrogen and oxygen atoms in total. The van der Waals surface area contributed by atoms with Gasteiger partial charge in [0.1, 0.15) is 5.40 Å². The lowest BCUT2D eigenvalue weighted by molar-refractivity contribution is 0.318. The molecule has 1 aromatic rings. The summed E-state index contributed by atoms with van der Waals surface area (Å²) >= 11 is 1.06. The predicted molar refractivity (Wildman–Crippen MR) is 46.9 cm³/mol. The molecule has 0 aromatic carbocycles. The Bertz CT molecular complexity index is 295. The number of rotatable bonds is 3. The van der Waals surface area contributed by atoms with Crippen LogP contribution in [0.1, 0.15) is 6.92 Å². The number of aromatic nitrogens is 1. The average molecular weight is 180 g/mol. The van der Waals surface area contributed by atoms with E-state index in [9.17, 15) is 0 Å². The Kier molecular flexibility index (Phi) is 3.42. The van der Waals surface area contributed by atoms with Gasteiger partial charge in [0.25, 0.3) is 0 Å². The van der Waals surface area contributed by atoms with Crippen molar-refractivity contribution in [3.8, 4) is 11.3 Å². The van der Waals surface area contributed by atoms with Crippen molar-refractivity contribution in [2.45, 2.75) is 11.8 Å². The zero-order valence-corrected chi connectivity index (χ0v) is 7.47. The molecule has 0 unspecified atom stereocenters. The molecular weight excluding hydrogens is 172 g/mol. The van der Waals surface area contributed by atoms with Crippen LogP contribution in [0.2, 0.25) is 0 Å². The monoisotopic (exact) mass is 180 g/mol. The van der Waals surface area contributed by atoms with E-state index in [-0.39, 0.29) is 0 Å². The van der Waals surface area contributed by atoms with Crippen molar-refractivity contribution >= 4 is 11.8 Å². The van der Waals surface area contributed by atoms with Crippen LogP contribution in [-0.4, -0.2) is 11.6 Å². The lowest BCUT2D eigenvalue weighted by atomic mass is 10.5. The summed E-state index contributed by atoms with van der Waals surface area (Å²) in [5, 5.41) is 10.4. The van der Waals surface area contributed by atoms with Gasteiger partial charge in [-0.3, -0.25) is 0 Å². The van der Waals surface area contributed by atoms with Gasteiger partial charge in [-0.2, -0.15) is 5.26 Å². The molecule has 1 aromatic heterocycles. The van der Waals surface area contributed by atoms with Crippen molar-refractivity contribution in [2.75, 3.05) is 6.61 Å². The second kappa shape index (κ2) is 4.62. The van der Waals surface area contributed by atoms with Gasteiger partial charge in [-0.05, 0) is 30.8 Å². The summed E-state index contributed by atoms with van der Waals surface area (Å²) in [6.07, 6.45) is 1.65. The van der Waals surface area contributed by atoms with E-state index in [0.29, 0.717) is 12.5 Å². The van der Waals surface area contributed by atoms with Gasteiger partial charge in [0, 0.05) is 6.20 Å². The van der Waals surface area contributed by atoms with Gasteiger partial charge in [0.05, 0.1) is 11.5 Å². The topological polar surface area (TPSA) is 45.9 Å². The van der Waals surface area contributed by atoms with Crippen molar-refractivity contribution in [3.05, 3.63) is 18.3 Å². The van der Waals surface area contributed by atoms with E-state index in [1.54, 1.807) is 12.3 Å². The van der Waals surface area contributed by atoms with Crippen molar-refractivity contribution in [3.63, 3.8) is 0 Å². The first-order valence-electron chi connectivity index (χ1n) is 3.52. The minimum Gasteiger partial charge on any atom is -0.477 e. The number of nitriles is 1. The molecule has 4 heteroatoms. The number of ether oxygens (including phenoxy) is 1. The molecule has 0 saturated carbocycles. The van der Waals surface area contributed by atoms with E-state index in [0.717, 1.165) is 16.7 Å². The van der Waals surface area contributed by atoms with Crippen LogP contribution in [0.4, 0.5) is 0 Å². The Morgan fingerprint density at radius 3 is 3.25 bits per heavy atom. The van der Waals surface area contributed by atoms with Gasteiger partial charge in [0.2, 0.25) is 5.88 Å². The largest absolute Gasteiger partial charge is 0.477 e. The minimum absolute atomic E-state index is 0.534. The summed E-state index contributed by atoms with van der Waals surface area (Å²) in [4.78, 5) is 4.76. The van der Waals surface area contributed by atoms with Crippen LogP contribution < -0.4 is 4.74 Å². The molecule has 62 valence electrons. The van der Waals surface area contributed by atoms with E-state index < -0.39 is 0 Å². The molecular formula is C8H8N2OS. The molecule has 0 N–H and O–H groups in total. The van der Waals surface area contributed by atoms with E-state index >= 15 is 0 Å². The summed E-state index contributed by atoms with van der Waals surface area (Å²) in [5.41, 5.74) is 0. The highest BCUT2D eigenvalue weighted by Crippen LogP contribution is 2.25. The fraction of sp³-hybridized carbons (Fsp3) is 0.250. The summed E-state index contributed by atoms with van der Waals surface area (Å²) in [6, 6.07) is 3.59. The Morgan fingerprint density at radius 1 is 1.75 bits per heavy atom. The molecule has 0 atom stereocenters. The molecule has 0 radical (unpaired) electrons. The molecule has 0 bridgehead atoms.